The van der Waals surface area contributed by atoms with Crippen LogP contribution in [0.15, 0.2) is 34.7 Å². The summed E-state index contributed by atoms with van der Waals surface area (Å²) in [7, 11) is 0. The monoisotopic (exact) mass is 326 g/mol. The molecule has 0 bridgehead atoms. The summed E-state index contributed by atoms with van der Waals surface area (Å²) in [6, 6.07) is 8.89. The van der Waals surface area contributed by atoms with Gasteiger partial charge >= 0.3 is 0 Å². The molecule has 0 atom stereocenters. The van der Waals surface area contributed by atoms with Crippen LogP contribution in [0, 0.1) is 12.7 Å². The van der Waals surface area contributed by atoms with E-state index >= 15 is 0 Å². The van der Waals surface area contributed by atoms with E-state index in [-0.39, 0.29) is 5.82 Å². The van der Waals surface area contributed by atoms with Crippen LogP contribution in [0.2, 0.25) is 0 Å². The van der Waals surface area contributed by atoms with Crippen LogP contribution in [0.1, 0.15) is 30.0 Å². The summed E-state index contributed by atoms with van der Waals surface area (Å²) in [6.45, 7) is 3.88. The molecule has 0 amide bonds. The van der Waals surface area contributed by atoms with Crippen molar-refractivity contribution < 1.29 is 13.6 Å². The molecule has 0 unspecified atom stereocenters. The molecule has 0 saturated carbocycles. The van der Waals surface area contributed by atoms with Gasteiger partial charge in [-0.25, -0.2) is 4.39 Å². The van der Waals surface area contributed by atoms with Crippen molar-refractivity contribution in [2.75, 3.05) is 5.32 Å². The summed E-state index contributed by atoms with van der Waals surface area (Å²) >= 11 is 0. The van der Waals surface area contributed by atoms with Crippen molar-refractivity contribution >= 4 is 29.1 Å². The van der Waals surface area contributed by atoms with E-state index in [9.17, 15) is 9.18 Å². The van der Waals surface area contributed by atoms with Gasteiger partial charge in [-0.05, 0) is 60.7 Å². The average molecular weight is 326 g/mol. The van der Waals surface area contributed by atoms with Crippen LogP contribution in [0.3, 0.4) is 0 Å². The minimum Gasteiger partial charge on any atom is -0.423 e. The van der Waals surface area contributed by atoms with Crippen molar-refractivity contribution in [3.05, 3.63) is 52.8 Å². The summed E-state index contributed by atoms with van der Waals surface area (Å²) in [4.78, 5) is 15.1. The Kier molecular flexibility index (Phi) is 4.60. The third-order valence-electron chi connectivity index (χ3n) is 4.00. The Hall–Kier alpha value is -2.69. The summed E-state index contributed by atoms with van der Waals surface area (Å²) < 4.78 is 19.0. The predicted octanol–water partition coefficient (Wildman–Crippen LogP) is 4.71. The number of nitrogens with zero attached hydrogens (tertiary/aromatic N) is 1. The second kappa shape index (κ2) is 6.83. The van der Waals surface area contributed by atoms with Crippen LogP contribution in [-0.4, -0.2) is 11.3 Å². The maximum absolute atomic E-state index is 13.2. The topological polar surface area (TPSA) is 55.1 Å². The quantitative estimate of drug-likeness (QED) is 0.666. The zero-order valence-corrected chi connectivity index (χ0v) is 13.7. The number of hydrogen-bond acceptors (Lipinski definition) is 4. The number of aldehydes is 1. The lowest BCUT2D eigenvalue weighted by molar-refractivity contribution is -0.107. The third-order valence-corrected chi connectivity index (χ3v) is 4.00. The molecule has 24 heavy (non-hydrogen) atoms. The number of carbonyl (C=O) groups is 1. The van der Waals surface area contributed by atoms with Crippen LogP contribution in [0.5, 0.6) is 0 Å². The van der Waals surface area contributed by atoms with Gasteiger partial charge in [0.15, 0.2) is 5.58 Å². The Bertz CT molecular complexity index is 886. The molecule has 0 spiro atoms. The molecular formula is C19H19FN2O2. The molecule has 0 aliphatic heterocycles. The molecule has 2 aromatic carbocycles. The molecule has 0 aliphatic carbocycles. The smallest absolute Gasteiger partial charge is 0.300 e. The van der Waals surface area contributed by atoms with Gasteiger partial charge in [0.1, 0.15) is 17.6 Å². The fraction of sp³-hybridized carbons (Fsp3) is 0.263. The predicted molar refractivity (Wildman–Crippen MR) is 92.2 cm³/mol. The SMILES string of the molecule is CCc1cc(CCC=O)cc2oc(Nc3ccc(F)cc3C)nc12. The van der Waals surface area contributed by atoms with E-state index in [1.54, 1.807) is 6.07 Å². The maximum atomic E-state index is 13.2. The molecule has 1 aromatic heterocycles. The first-order chi connectivity index (χ1) is 11.6. The molecule has 4 nitrogen and oxygen atoms in total. The third kappa shape index (κ3) is 3.30. The molecule has 0 saturated heterocycles. The summed E-state index contributed by atoms with van der Waals surface area (Å²) in [5.74, 6) is -0.274. The molecule has 5 heteroatoms. The number of fused-ring (bicyclic) bond motifs is 1. The first-order valence-electron chi connectivity index (χ1n) is 8.00. The van der Waals surface area contributed by atoms with Crippen molar-refractivity contribution in [3.63, 3.8) is 0 Å². The Morgan fingerprint density at radius 3 is 2.83 bits per heavy atom. The van der Waals surface area contributed by atoms with Crippen molar-refractivity contribution in [2.24, 2.45) is 0 Å². The molecule has 3 rings (SSSR count). The van der Waals surface area contributed by atoms with Gasteiger partial charge in [-0.2, -0.15) is 4.98 Å². The molecule has 124 valence electrons. The fourth-order valence-corrected chi connectivity index (χ4v) is 2.74. The minimum atomic E-state index is -0.274. The lowest BCUT2D eigenvalue weighted by Crippen LogP contribution is -1.94. The van der Waals surface area contributed by atoms with Gasteiger partial charge in [-0.3, -0.25) is 0 Å². The van der Waals surface area contributed by atoms with Crippen molar-refractivity contribution in [1.29, 1.82) is 0 Å². The van der Waals surface area contributed by atoms with Gasteiger partial charge in [0, 0.05) is 12.1 Å². The van der Waals surface area contributed by atoms with Crippen LogP contribution in [0.25, 0.3) is 11.1 Å². The lowest BCUT2D eigenvalue weighted by atomic mass is 10.0. The van der Waals surface area contributed by atoms with Gasteiger partial charge < -0.3 is 14.5 Å². The van der Waals surface area contributed by atoms with Crippen LogP contribution in [-0.2, 0) is 17.6 Å². The molecule has 3 aromatic rings. The highest BCUT2D eigenvalue weighted by Crippen LogP contribution is 2.28. The molecular weight excluding hydrogens is 307 g/mol. The fourth-order valence-electron chi connectivity index (χ4n) is 2.74. The molecule has 1 heterocycles. The zero-order valence-electron chi connectivity index (χ0n) is 13.7. The maximum Gasteiger partial charge on any atom is 0.300 e. The number of hydrogen-bond donors (Lipinski definition) is 1. The van der Waals surface area contributed by atoms with Crippen LogP contribution in [0.4, 0.5) is 16.1 Å². The number of halogens is 1. The number of anilines is 2. The molecule has 0 aliphatic rings. The first kappa shape index (κ1) is 16.2. The van der Waals surface area contributed by atoms with E-state index < -0.39 is 0 Å². The van der Waals surface area contributed by atoms with Gasteiger partial charge in [0.05, 0.1) is 0 Å². The van der Waals surface area contributed by atoms with E-state index in [1.807, 2.05) is 13.0 Å². The van der Waals surface area contributed by atoms with E-state index in [0.29, 0.717) is 24.4 Å². The van der Waals surface area contributed by atoms with E-state index in [0.717, 1.165) is 40.6 Å². The van der Waals surface area contributed by atoms with E-state index in [2.05, 4.69) is 23.3 Å². The number of aryl methyl sites for hydroxylation is 3. The van der Waals surface area contributed by atoms with Crippen molar-refractivity contribution in [2.45, 2.75) is 33.1 Å². The zero-order chi connectivity index (χ0) is 17.1. The van der Waals surface area contributed by atoms with Gasteiger partial charge in [-0.15, -0.1) is 0 Å². The highest BCUT2D eigenvalue weighted by atomic mass is 19.1. The number of nitrogens with one attached hydrogen (secondary N) is 1. The Morgan fingerprint density at radius 2 is 2.12 bits per heavy atom. The molecule has 0 radical (unpaired) electrons. The van der Waals surface area contributed by atoms with E-state index in [1.165, 1.54) is 12.1 Å². The summed E-state index contributed by atoms with van der Waals surface area (Å²) in [5.41, 5.74) is 5.18. The number of carbonyl (C=O) groups excluding carboxylic acids is 1. The van der Waals surface area contributed by atoms with Crippen LogP contribution < -0.4 is 5.32 Å². The Labute approximate surface area is 139 Å². The average Bonchev–Trinajstić information content (AvgIpc) is 2.97. The standard InChI is InChI=1S/C19H19FN2O2/c1-3-14-10-13(5-4-8-23)11-17-18(14)22-19(24-17)21-16-7-6-15(20)9-12(16)2/h6-11H,3-5H2,1-2H3,(H,21,22). The number of aromatic nitrogens is 1. The van der Waals surface area contributed by atoms with Gasteiger partial charge in [0.25, 0.3) is 6.01 Å². The molecule has 0 fully saturated rings. The Morgan fingerprint density at radius 1 is 1.29 bits per heavy atom. The Balaban J connectivity index is 1.96. The molecule has 1 N–H and O–H groups in total. The minimum absolute atomic E-state index is 0.274. The second-order valence-corrected chi connectivity index (χ2v) is 5.76. The van der Waals surface area contributed by atoms with Crippen molar-refractivity contribution in [3.8, 4) is 0 Å². The van der Waals surface area contributed by atoms with Crippen LogP contribution >= 0.6 is 0 Å². The summed E-state index contributed by atoms with van der Waals surface area (Å²) in [5, 5.41) is 3.10. The number of oxazole rings is 1. The van der Waals surface area contributed by atoms with E-state index in [4.69, 9.17) is 4.42 Å². The largest absolute Gasteiger partial charge is 0.423 e. The lowest BCUT2D eigenvalue weighted by Gasteiger charge is -2.05. The highest BCUT2D eigenvalue weighted by Gasteiger charge is 2.12. The first-order valence-corrected chi connectivity index (χ1v) is 8.00. The van der Waals surface area contributed by atoms with Gasteiger partial charge in [-0.1, -0.05) is 13.0 Å². The number of rotatable bonds is 6. The van der Waals surface area contributed by atoms with Crippen molar-refractivity contribution in [1.82, 2.24) is 4.98 Å². The highest BCUT2D eigenvalue weighted by molar-refractivity contribution is 5.80. The summed E-state index contributed by atoms with van der Waals surface area (Å²) in [6.07, 6.45) is 2.92. The van der Waals surface area contributed by atoms with Gasteiger partial charge in [0.2, 0.25) is 0 Å². The normalized spacial score (nSPS) is 11.0. The second-order valence-electron chi connectivity index (χ2n) is 5.76. The number of benzene rings is 2.